The van der Waals surface area contributed by atoms with Gasteiger partial charge < -0.3 is 5.11 Å². The molecule has 3 rings (SSSR count). The van der Waals surface area contributed by atoms with E-state index in [4.69, 9.17) is 34.8 Å². The van der Waals surface area contributed by atoms with E-state index in [0.29, 0.717) is 32.3 Å². The second-order valence-corrected chi connectivity index (χ2v) is 5.80. The van der Waals surface area contributed by atoms with Crippen LogP contribution in [0.15, 0.2) is 42.5 Å². The van der Waals surface area contributed by atoms with Gasteiger partial charge in [0.1, 0.15) is 6.61 Å². The molecule has 7 heteroatoms. The van der Waals surface area contributed by atoms with Gasteiger partial charge in [0.2, 0.25) is 0 Å². The van der Waals surface area contributed by atoms with E-state index in [2.05, 4.69) is 10.1 Å². The van der Waals surface area contributed by atoms with Crippen molar-refractivity contribution in [3.63, 3.8) is 0 Å². The molecule has 0 atom stereocenters. The van der Waals surface area contributed by atoms with Crippen LogP contribution in [0.4, 0.5) is 0 Å². The molecule has 0 saturated heterocycles. The number of nitrogens with zero attached hydrogens (tertiary/aromatic N) is 3. The van der Waals surface area contributed by atoms with Gasteiger partial charge in [-0.1, -0.05) is 34.8 Å². The Morgan fingerprint density at radius 1 is 0.955 bits per heavy atom. The fourth-order valence-electron chi connectivity index (χ4n) is 2.03. The molecule has 0 amide bonds. The van der Waals surface area contributed by atoms with Crippen LogP contribution in [0.25, 0.3) is 17.1 Å². The molecule has 4 nitrogen and oxygen atoms in total. The molecule has 0 unspecified atom stereocenters. The summed E-state index contributed by atoms with van der Waals surface area (Å²) in [5.74, 6) is 0.823. The van der Waals surface area contributed by atoms with Crippen molar-refractivity contribution in [2.45, 2.75) is 6.61 Å². The Morgan fingerprint density at radius 2 is 1.64 bits per heavy atom. The summed E-state index contributed by atoms with van der Waals surface area (Å²) in [5.41, 5.74) is 1.44. The average molecular weight is 355 g/mol. The standard InChI is InChI=1S/C15H10Cl3N3O/c16-9-1-4-11(5-2-9)21-15(19-14(8-22)20-21)12-6-3-10(17)7-13(12)18/h1-7,22H,8H2. The Morgan fingerprint density at radius 3 is 2.27 bits per heavy atom. The van der Waals surface area contributed by atoms with Crippen LogP contribution in [0.2, 0.25) is 15.1 Å². The van der Waals surface area contributed by atoms with Gasteiger partial charge in [-0.3, -0.25) is 0 Å². The highest BCUT2D eigenvalue weighted by Gasteiger charge is 2.16. The third kappa shape index (κ3) is 2.96. The Kier molecular flexibility index (Phi) is 4.36. The van der Waals surface area contributed by atoms with Gasteiger partial charge in [0.15, 0.2) is 11.6 Å². The lowest BCUT2D eigenvalue weighted by molar-refractivity contribution is 0.271. The summed E-state index contributed by atoms with van der Waals surface area (Å²) in [6.07, 6.45) is 0. The van der Waals surface area contributed by atoms with Gasteiger partial charge in [-0.05, 0) is 42.5 Å². The monoisotopic (exact) mass is 353 g/mol. The number of aromatic nitrogens is 3. The van der Waals surface area contributed by atoms with Crippen LogP contribution in [-0.2, 0) is 6.61 Å². The quantitative estimate of drug-likeness (QED) is 0.759. The lowest BCUT2D eigenvalue weighted by Crippen LogP contribution is -2.00. The van der Waals surface area contributed by atoms with E-state index in [1.165, 1.54) is 0 Å². The molecule has 0 bridgehead atoms. The molecule has 22 heavy (non-hydrogen) atoms. The molecule has 112 valence electrons. The van der Waals surface area contributed by atoms with Crippen LogP contribution in [0.5, 0.6) is 0 Å². The second kappa shape index (κ2) is 6.26. The van der Waals surface area contributed by atoms with Crippen molar-refractivity contribution in [3.05, 3.63) is 63.4 Å². The van der Waals surface area contributed by atoms with Crippen LogP contribution < -0.4 is 0 Å². The zero-order valence-electron chi connectivity index (χ0n) is 11.2. The lowest BCUT2D eigenvalue weighted by atomic mass is 10.2. The van der Waals surface area contributed by atoms with Crippen LogP contribution in [-0.4, -0.2) is 19.9 Å². The second-order valence-electron chi connectivity index (χ2n) is 4.52. The highest BCUT2D eigenvalue weighted by molar-refractivity contribution is 6.36. The van der Waals surface area contributed by atoms with Crippen molar-refractivity contribution in [2.75, 3.05) is 0 Å². The Bertz CT molecular complexity index is 815. The molecule has 1 heterocycles. The van der Waals surface area contributed by atoms with E-state index < -0.39 is 0 Å². The molecule has 0 fully saturated rings. The largest absolute Gasteiger partial charge is 0.388 e. The summed E-state index contributed by atoms with van der Waals surface area (Å²) >= 11 is 18.1. The third-order valence-corrected chi connectivity index (χ3v) is 3.84. The Hall–Kier alpha value is -1.59. The lowest BCUT2D eigenvalue weighted by Gasteiger charge is -2.07. The van der Waals surface area contributed by atoms with Crippen LogP contribution >= 0.6 is 34.8 Å². The predicted molar refractivity (Wildman–Crippen MR) is 87.7 cm³/mol. The minimum Gasteiger partial charge on any atom is -0.388 e. The minimum absolute atomic E-state index is 0.265. The maximum Gasteiger partial charge on any atom is 0.177 e. The average Bonchev–Trinajstić information content (AvgIpc) is 2.92. The number of hydrogen-bond donors (Lipinski definition) is 1. The molecule has 1 aromatic heterocycles. The minimum atomic E-state index is -0.265. The molecular formula is C15H10Cl3N3O. The summed E-state index contributed by atoms with van der Waals surface area (Å²) in [4.78, 5) is 4.33. The van der Waals surface area contributed by atoms with Crippen LogP contribution in [0.3, 0.4) is 0 Å². The SMILES string of the molecule is OCc1nc(-c2ccc(Cl)cc2Cl)n(-c2ccc(Cl)cc2)n1. The summed E-state index contributed by atoms with van der Waals surface area (Å²) in [7, 11) is 0. The fourth-order valence-corrected chi connectivity index (χ4v) is 2.65. The zero-order valence-corrected chi connectivity index (χ0v) is 13.4. The highest BCUT2D eigenvalue weighted by atomic mass is 35.5. The molecule has 0 aliphatic heterocycles. The molecule has 0 saturated carbocycles. The van der Waals surface area contributed by atoms with E-state index in [1.54, 1.807) is 35.0 Å². The number of rotatable bonds is 3. The van der Waals surface area contributed by atoms with Crippen molar-refractivity contribution in [1.82, 2.24) is 14.8 Å². The van der Waals surface area contributed by atoms with Crippen molar-refractivity contribution >= 4 is 34.8 Å². The van der Waals surface area contributed by atoms with E-state index >= 15 is 0 Å². The molecule has 0 aliphatic carbocycles. The number of aliphatic hydroxyl groups is 1. The highest BCUT2D eigenvalue weighted by Crippen LogP contribution is 2.30. The number of benzene rings is 2. The third-order valence-electron chi connectivity index (χ3n) is 3.04. The smallest absolute Gasteiger partial charge is 0.177 e. The maximum absolute atomic E-state index is 9.31. The topological polar surface area (TPSA) is 50.9 Å². The Labute approximate surface area is 141 Å². The number of aliphatic hydroxyl groups excluding tert-OH is 1. The van der Waals surface area contributed by atoms with Crippen molar-refractivity contribution in [2.24, 2.45) is 0 Å². The van der Waals surface area contributed by atoms with Gasteiger partial charge in [0, 0.05) is 15.6 Å². The first-order valence-corrected chi connectivity index (χ1v) is 7.50. The molecule has 0 radical (unpaired) electrons. The summed E-state index contributed by atoms with van der Waals surface area (Å²) in [6, 6.07) is 12.3. The first-order valence-electron chi connectivity index (χ1n) is 6.36. The molecular weight excluding hydrogens is 345 g/mol. The number of hydrogen-bond acceptors (Lipinski definition) is 3. The first-order chi connectivity index (χ1) is 10.6. The molecule has 1 N–H and O–H groups in total. The van der Waals surface area contributed by atoms with Crippen molar-refractivity contribution in [3.8, 4) is 17.1 Å². The van der Waals surface area contributed by atoms with E-state index in [-0.39, 0.29) is 6.61 Å². The maximum atomic E-state index is 9.31. The summed E-state index contributed by atoms with van der Waals surface area (Å²) in [6.45, 7) is -0.265. The van der Waals surface area contributed by atoms with E-state index in [0.717, 1.165) is 5.69 Å². The van der Waals surface area contributed by atoms with Gasteiger partial charge in [0.25, 0.3) is 0 Å². The van der Waals surface area contributed by atoms with Gasteiger partial charge in [-0.15, -0.1) is 5.10 Å². The predicted octanol–water partition coefficient (Wildman–Crippen LogP) is 4.39. The van der Waals surface area contributed by atoms with Crippen molar-refractivity contribution < 1.29 is 5.11 Å². The molecule has 0 aliphatic rings. The van der Waals surface area contributed by atoms with Crippen LogP contribution in [0.1, 0.15) is 5.82 Å². The Balaban J connectivity index is 2.18. The van der Waals surface area contributed by atoms with Gasteiger partial charge in [-0.2, -0.15) is 0 Å². The van der Waals surface area contributed by atoms with E-state index in [1.807, 2.05) is 12.1 Å². The fraction of sp³-hybridized carbons (Fsp3) is 0.0667. The summed E-state index contributed by atoms with van der Waals surface area (Å²) in [5, 5.41) is 15.2. The molecule has 3 aromatic rings. The van der Waals surface area contributed by atoms with E-state index in [9.17, 15) is 5.11 Å². The molecule has 0 spiro atoms. The zero-order chi connectivity index (χ0) is 15.7. The number of halogens is 3. The van der Waals surface area contributed by atoms with Crippen LogP contribution in [0, 0.1) is 0 Å². The van der Waals surface area contributed by atoms with Gasteiger partial charge in [-0.25, -0.2) is 9.67 Å². The van der Waals surface area contributed by atoms with Crippen molar-refractivity contribution in [1.29, 1.82) is 0 Å². The first kappa shape index (κ1) is 15.3. The normalized spacial score (nSPS) is 10.9. The molecule has 2 aromatic carbocycles. The summed E-state index contributed by atoms with van der Waals surface area (Å²) < 4.78 is 1.61. The van der Waals surface area contributed by atoms with Gasteiger partial charge in [0.05, 0.1) is 10.7 Å². The van der Waals surface area contributed by atoms with Gasteiger partial charge >= 0.3 is 0 Å².